The van der Waals surface area contributed by atoms with Gasteiger partial charge in [0.2, 0.25) is 0 Å². The van der Waals surface area contributed by atoms with E-state index in [0.717, 1.165) is 42.9 Å². The Bertz CT molecular complexity index is 831. The van der Waals surface area contributed by atoms with Crippen LogP contribution in [0.1, 0.15) is 37.8 Å². The summed E-state index contributed by atoms with van der Waals surface area (Å²) in [5, 5.41) is 4.32. The summed E-state index contributed by atoms with van der Waals surface area (Å²) < 4.78 is 29.5. The van der Waals surface area contributed by atoms with Crippen LogP contribution in [0.15, 0.2) is 24.7 Å². The fraction of sp³-hybridized carbons (Fsp3) is 0.588. The topological polar surface area (TPSA) is 84.2 Å². The maximum Gasteiger partial charge on any atom is 0.281 e. The Morgan fingerprint density at radius 1 is 1.27 bits per heavy atom. The SMILES string of the molecule is CCCn1nccc1-c1cnc([C@H]2CCCN(S(=O)(=O)N(C)C)C2)cn1. The van der Waals surface area contributed by atoms with Crippen molar-refractivity contribution in [3.05, 3.63) is 30.4 Å². The molecule has 142 valence electrons. The van der Waals surface area contributed by atoms with Crippen LogP contribution >= 0.6 is 0 Å². The van der Waals surface area contributed by atoms with Gasteiger partial charge in [-0.2, -0.15) is 22.1 Å². The molecule has 2 aromatic rings. The maximum atomic E-state index is 12.4. The minimum absolute atomic E-state index is 0.0700. The first kappa shape index (κ1) is 18.9. The molecule has 1 fully saturated rings. The van der Waals surface area contributed by atoms with E-state index in [4.69, 9.17) is 0 Å². The van der Waals surface area contributed by atoms with E-state index in [1.165, 1.54) is 8.61 Å². The number of piperidine rings is 1. The quantitative estimate of drug-likeness (QED) is 0.764. The molecular weight excluding hydrogens is 352 g/mol. The highest BCUT2D eigenvalue weighted by atomic mass is 32.2. The fourth-order valence-corrected chi connectivity index (χ4v) is 4.44. The monoisotopic (exact) mass is 378 g/mol. The molecule has 0 N–H and O–H groups in total. The molecule has 0 bridgehead atoms. The van der Waals surface area contributed by atoms with Gasteiger partial charge in [-0.3, -0.25) is 14.6 Å². The molecule has 0 amide bonds. The van der Waals surface area contributed by atoms with Gasteiger partial charge in [-0.25, -0.2) is 0 Å². The van der Waals surface area contributed by atoms with Gasteiger partial charge in [0, 0.05) is 52.0 Å². The minimum atomic E-state index is -3.39. The minimum Gasteiger partial charge on any atom is -0.263 e. The lowest BCUT2D eigenvalue weighted by Gasteiger charge is -2.33. The van der Waals surface area contributed by atoms with Crippen molar-refractivity contribution in [3.8, 4) is 11.4 Å². The summed E-state index contributed by atoms with van der Waals surface area (Å²) >= 11 is 0. The lowest BCUT2D eigenvalue weighted by atomic mass is 9.96. The number of nitrogens with zero attached hydrogens (tertiary/aromatic N) is 6. The van der Waals surface area contributed by atoms with Gasteiger partial charge in [0.1, 0.15) is 5.69 Å². The third-order valence-corrected chi connectivity index (χ3v) is 6.58. The van der Waals surface area contributed by atoms with Crippen LogP contribution in [0, 0.1) is 0 Å². The van der Waals surface area contributed by atoms with E-state index >= 15 is 0 Å². The van der Waals surface area contributed by atoms with Crippen molar-refractivity contribution >= 4 is 10.2 Å². The average molecular weight is 379 g/mol. The Morgan fingerprint density at radius 3 is 2.73 bits per heavy atom. The van der Waals surface area contributed by atoms with E-state index in [1.807, 2.05) is 10.7 Å². The Kier molecular flexibility index (Phi) is 5.69. The summed E-state index contributed by atoms with van der Waals surface area (Å²) in [6.07, 6.45) is 8.04. The van der Waals surface area contributed by atoms with E-state index < -0.39 is 10.2 Å². The molecule has 0 radical (unpaired) electrons. The molecule has 0 aliphatic carbocycles. The first-order chi connectivity index (χ1) is 12.4. The summed E-state index contributed by atoms with van der Waals surface area (Å²) in [5.74, 6) is 0.0700. The Morgan fingerprint density at radius 2 is 2.08 bits per heavy atom. The largest absolute Gasteiger partial charge is 0.281 e. The van der Waals surface area contributed by atoms with E-state index in [1.54, 1.807) is 32.7 Å². The molecule has 3 heterocycles. The van der Waals surface area contributed by atoms with Gasteiger partial charge in [-0.15, -0.1) is 0 Å². The molecule has 0 saturated carbocycles. The smallest absolute Gasteiger partial charge is 0.263 e. The summed E-state index contributed by atoms with van der Waals surface area (Å²) in [7, 11) is -0.265. The normalized spacial score (nSPS) is 19.2. The molecule has 2 aromatic heterocycles. The number of aryl methyl sites for hydroxylation is 1. The highest BCUT2D eigenvalue weighted by Gasteiger charge is 2.31. The number of rotatable bonds is 6. The standard InChI is InChI=1S/C17H26N6O2S/c1-4-9-23-17(7-8-20-23)16-12-18-15(11-19-16)14-6-5-10-22(13-14)26(24,25)21(2)3/h7-8,11-12,14H,4-6,9-10,13H2,1-3H3/t14-/m0/s1. The third kappa shape index (κ3) is 3.79. The van der Waals surface area contributed by atoms with Crippen LogP contribution in [0.4, 0.5) is 0 Å². The molecule has 0 unspecified atom stereocenters. The molecule has 8 nitrogen and oxygen atoms in total. The van der Waals surface area contributed by atoms with Crippen molar-refractivity contribution in [1.29, 1.82) is 0 Å². The van der Waals surface area contributed by atoms with Crippen LogP contribution in [0.25, 0.3) is 11.4 Å². The number of hydrogen-bond acceptors (Lipinski definition) is 5. The highest BCUT2D eigenvalue weighted by molar-refractivity contribution is 7.86. The highest BCUT2D eigenvalue weighted by Crippen LogP contribution is 2.28. The van der Waals surface area contributed by atoms with Gasteiger partial charge in [0.15, 0.2) is 0 Å². The van der Waals surface area contributed by atoms with Gasteiger partial charge in [-0.1, -0.05) is 6.92 Å². The number of hydrogen-bond donors (Lipinski definition) is 0. The summed E-state index contributed by atoms with van der Waals surface area (Å²) in [6, 6.07) is 1.94. The molecule has 0 aromatic carbocycles. The lowest BCUT2D eigenvalue weighted by molar-refractivity contribution is 0.296. The van der Waals surface area contributed by atoms with E-state index in [0.29, 0.717) is 13.1 Å². The zero-order valence-corrected chi connectivity index (χ0v) is 16.4. The number of aromatic nitrogens is 4. The molecule has 1 aliphatic heterocycles. The zero-order chi connectivity index (χ0) is 18.7. The predicted molar refractivity (Wildman–Crippen MR) is 99.7 cm³/mol. The second-order valence-corrected chi connectivity index (χ2v) is 8.90. The zero-order valence-electron chi connectivity index (χ0n) is 15.5. The van der Waals surface area contributed by atoms with Crippen molar-refractivity contribution in [2.45, 2.75) is 38.6 Å². The lowest BCUT2D eigenvalue weighted by Crippen LogP contribution is -2.45. The van der Waals surface area contributed by atoms with Crippen molar-refractivity contribution in [3.63, 3.8) is 0 Å². The van der Waals surface area contributed by atoms with Crippen molar-refractivity contribution in [2.75, 3.05) is 27.2 Å². The molecule has 1 aliphatic rings. The molecule has 3 rings (SSSR count). The van der Waals surface area contributed by atoms with Crippen LogP contribution < -0.4 is 0 Å². The van der Waals surface area contributed by atoms with Crippen LogP contribution in [0.5, 0.6) is 0 Å². The predicted octanol–water partition coefficient (Wildman–Crippen LogP) is 1.74. The van der Waals surface area contributed by atoms with Crippen LogP contribution in [-0.4, -0.2) is 64.0 Å². The van der Waals surface area contributed by atoms with Gasteiger partial charge >= 0.3 is 0 Å². The molecule has 9 heteroatoms. The first-order valence-corrected chi connectivity index (χ1v) is 10.3. The van der Waals surface area contributed by atoms with Crippen molar-refractivity contribution in [1.82, 2.24) is 28.4 Å². The second kappa shape index (κ2) is 7.81. The summed E-state index contributed by atoms with van der Waals surface area (Å²) in [5.41, 5.74) is 2.58. The van der Waals surface area contributed by atoms with E-state index in [2.05, 4.69) is 22.0 Å². The molecule has 1 saturated heterocycles. The summed E-state index contributed by atoms with van der Waals surface area (Å²) in [6.45, 7) is 3.95. The Balaban J connectivity index is 1.77. The van der Waals surface area contributed by atoms with Gasteiger partial charge in [0.05, 0.1) is 17.6 Å². The average Bonchev–Trinajstić information content (AvgIpc) is 3.10. The maximum absolute atomic E-state index is 12.4. The summed E-state index contributed by atoms with van der Waals surface area (Å²) in [4.78, 5) is 9.14. The molecular formula is C17H26N6O2S. The van der Waals surface area contributed by atoms with E-state index in [9.17, 15) is 8.42 Å². The van der Waals surface area contributed by atoms with E-state index in [-0.39, 0.29) is 5.92 Å². The van der Waals surface area contributed by atoms with Crippen LogP contribution in [-0.2, 0) is 16.8 Å². The first-order valence-electron chi connectivity index (χ1n) is 8.95. The van der Waals surface area contributed by atoms with Gasteiger partial charge < -0.3 is 0 Å². The van der Waals surface area contributed by atoms with Crippen molar-refractivity contribution in [2.24, 2.45) is 0 Å². The molecule has 26 heavy (non-hydrogen) atoms. The van der Waals surface area contributed by atoms with Crippen LogP contribution in [0.2, 0.25) is 0 Å². The fourth-order valence-electron chi connectivity index (χ4n) is 3.25. The second-order valence-electron chi connectivity index (χ2n) is 6.75. The molecule has 1 atom stereocenters. The van der Waals surface area contributed by atoms with Crippen LogP contribution in [0.3, 0.4) is 0 Å². The Hall–Kier alpha value is -1.84. The third-order valence-electron chi connectivity index (χ3n) is 4.68. The Labute approximate surface area is 155 Å². The molecule has 0 spiro atoms. The van der Waals surface area contributed by atoms with Gasteiger partial charge in [-0.05, 0) is 25.3 Å². The van der Waals surface area contributed by atoms with Crippen molar-refractivity contribution < 1.29 is 8.42 Å². The van der Waals surface area contributed by atoms with Gasteiger partial charge in [0.25, 0.3) is 10.2 Å².